The number of nitrogens with zero attached hydrogens (tertiary/aromatic N) is 2. The summed E-state index contributed by atoms with van der Waals surface area (Å²) in [6.45, 7) is 4.99. The van der Waals surface area contributed by atoms with Crippen LogP contribution in [0, 0.1) is 13.8 Å². The number of nitrogens with one attached hydrogen (secondary N) is 2. The summed E-state index contributed by atoms with van der Waals surface area (Å²) in [5, 5.41) is 0. The molecule has 2 N–H and O–H groups in total. The lowest BCUT2D eigenvalue weighted by molar-refractivity contribution is 0.277. The highest BCUT2D eigenvalue weighted by molar-refractivity contribution is 5.88. The third-order valence-corrected chi connectivity index (χ3v) is 5.41. The molecule has 0 saturated carbocycles. The van der Waals surface area contributed by atoms with E-state index in [0.717, 1.165) is 51.2 Å². The molecule has 6 nitrogen and oxygen atoms in total. The van der Waals surface area contributed by atoms with Crippen molar-refractivity contribution < 1.29 is 12.3 Å². The van der Waals surface area contributed by atoms with Gasteiger partial charge in [-0.1, -0.05) is 0 Å². The Morgan fingerprint density at radius 2 is 1.25 bits per heavy atom. The number of ether oxygens (including phenoxy) is 2. The lowest BCUT2D eigenvalue weighted by Crippen LogP contribution is -2.15. The number of aromatic amines is 2. The lowest BCUT2D eigenvalue weighted by Gasteiger charge is -2.30. The molecule has 2 aliphatic heterocycles. The van der Waals surface area contributed by atoms with E-state index >= 15 is 0 Å². The fourth-order valence-corrected chi connectivity index (χ4v) is 4.14. The van der Waals surface area contributed by atoms with Crippen LogP contribution in [0.15, 0.2) is 36.7 Å². The number of H-pyrrole nitrogens is 2. The first kappa shape index (κ1) is 15.5. The molecule has 0 amide bonds. The molecule has 0 radical (unpaired) electrons. The molecular formula is C22H22N4O2. The molecule has 0 bridgehead atoms. The summed E-state index contributed by atoms with van der Waals surface area (Å²) < 4.78 is 12.3. The summed E-state index contributed by atoms with van der Waals surface area (Å²) in [4.78, 5) is 15.2. The highest BCUT2D eigenvalue weighted by Crippen LogP contribution is 2.51. The van der Waals surface area contributed by atoms with E-state index in [1.165, 1.54) is 16.7 Å². The molecule has 4 heterocycles. The van der Waals surface area contributed by atoms with Gasteiger partial charge in [0.2, 0.25) is 0 Å². The lowest BCUT2D eigenvalue weighted by atomic mass is 9.87. The fourth-order valence-electron chi connectivity index (χ4n) is 4.14. The standard InChI is InChI=1S/C22H18N4O2.2H2/c1-11-23-7-17(25-11)13-3-15-9-27-19-5-14(18-8-24-12(2)26-18)6-20-22(19)21(15)16(4-13)10-28-20;;/h3-8H,9-10H2,1-2H3,(H,23,25)(H,24,26);2*1H. The molecule has 4 aromatic rings. The van der Waals surface area contributed by atoms with Crippen LogP contribution in [0.4, 0.5) is 0 Å². The van der Waals surface area contributed by atoms with Crippen LogP contribution in [-0.4, -0.2) is 19.9 Å². The van der Waals surface area contributed by atoms with Crippen molar-refractivity contribution in [2.45, 2.75) is 27.1 Å². The first-order chi connectivity index (χ1) is 13.7. The van der Waals surface area contributed by atoms with E-state index in [1.807, 2.05) is 26.2 Å². The first-order valence-electron chi connectivity index (χ1n) is 9.29. The highest BCUT2D eigenvalue weighted by Gasteiger charge is 2.30. The van der Waals surface area contributed by atoms with E-state index in [0.29, 0.717) is 13.2 Å². The van der Waals surface area contributed by atoms with Gasteiger partial charge in [-0.15, -0.1) is 0 Å². The first-order valence-corrected chi connectivity index (χ1v) is 9.29. The van der Waals surface area contributed by atoms with Gasteiger partial charge in [0.25, 0.3) is 0 Å². The van der Waals surface area contributed by atoms with Crippen molar-refractivity contribution in [2.24, 2.45) is 0 Å². The summed E-state index contributed by atoms with van der Waals surface area (Å²) in [5.74, 6) is 3.51. The van der Waals surface area contributed by atoms with Gasteiger partial charge in [0.15, 0.2) is 0 Å². The largest absolute Gasteiger partial charge is 0.488 e. The Bertz CT molecular complexity index is 1110. The van der Waals surface area contributed by atoms with E-state index < -0.39 is 0 Å². The summed E-state index contributed by atoms with van der Waals surface area (Å²) in [7, 11) is 0. The number of rotatable bonds is 2. The van der Waals surface area contributed by atoms with Crippen LogP contribution in [0.1, 0.15) is 25.6 Å². The number of aryl methyl sites for hydroxylation is 2. The predicted octanol–water partition coefficient (Wildman–Crippen LogP) is 5.03. The minimum atomic E-state index is 0. The van der Waals surface area contributed by atoms with Crippen molar-refractivity contribution >= 4 is 0 Å². The Balaban J connectivity index is 0.00000109. The number of aromatic nitrogens is 4. The van der Waals surface area contributed by atoms with E-state index in [-0.39, 0.29) is 2.85 Å². The van der Waals surface area contributed by atoms with E-state index in [4.69, 9.17) is 9.47 Å². The number of imidazole rings is 2. The maximum absolute atomic E-state index is 6.14. The molecule has 28 heavy (non-hydrogen) atoms. The molecule has 2 aliphatic rings. The van der Waals surface area contributed by atoms with Gasteiger partial charge in [-0.2, -0.15) is 0 Å². The van der Waals surface area contributed by atoms with Crippen LogP contribution in [0.3, 0.4) is 0 Å². The molecule has 0 aliphatic carbocycles. The summed E-state index contributed by atoms with van der Waals surface area (Å²) in [5.41, 5.74) is 8.76. The smallest absolute Gasteiger partial charge is 0.132 e. The maximum Gasteiger partial charge on any atom is 0.132 e. The molecule has 2 aromatic carbocycles. The zero-order valence-corrected chi connectivity index (χ0v) is 15.6. The molecular weight excluding hydrogens is 352 g/mol. The predicted molar refractivity (Wildman–Crippen MR) is 109 cm³/mol. The highest BCUT2D eigenvalue weighted by atomic mass is 16.5. The van der Waals surface area contributed by atoms with Crippen LogP contribution < -0.4 is 9.47 Å². The van der Waals surface area contributed by atoms with Crippen molar-refractivity contribution in [2.75, 3.05) is 0 Å². The third-order valence-electron chi connectivity index (χ3n) is 5.41. The van der Waals surface area contributed by atoms with Crippen molar-refractivity contribution in [3.05, 3.63) is 59.4 Å². The average Bonchev–Trinajstić information content (AvgIpc) is 3.34. The molecule has 0 atom stereocenters. The van der Waals surface area contributed by atoms with Crippen molar-refractivity contribution in [1.82, 2.24) is 19.9 Å². The number of benzene rings is 2. The number of hydrogen-bond acceptors (Lipinski definition) is 4. The molecule has 0 saturated heterocycles. The molecule has 0 unspecified atom stereocenters. The van der Waals surface area contributed by atoms with Crippen molar-refractivity contribution in [1.29, 1.82) is 0 Å². The van der Waals surface area contributed by atoms with Crippen LogP contribution >= 0.6 is 0 Å². The molecule has 2 aromatic heterocycles. The third kappa shape index (κ3) is 2.21. The van der Waals surface area contributed by atoms with Gasteiger partial charge < -0.3 is 19.4 Å². The van der Waals surface area contributed by atoms with Gasteiger partial charge in [-0.3, -0.25) is 0 Å². The van der Waals surface area contributed by atoms with Gasteiger partial charge in [0.05, 0.1) is 29.3 Å². The monoisotopic (exact) mass is 374 g/mol. The van der Waals surface area contributed by atoms with Gasteiger partial charge in [0, 0.05) is 19.5 Å². The Labute approximate surface area is 164 Å². The number of hydrogen-bond donors (Lipinski definition) is 2. The Kier molecular flexibility index (Phi) is 3.04. The normalized spacial score (nSPS) is 13.6. The van der Waals surface area contributed by atoms with Crippen LogP contribution in [0.25, 0.3) is 33.6 Å². The average molecular weight is 374 g/mol. The molecule has 6 rings (SSSR count). The second-order valence-electron chi connectivity index (χ2n) is 7.36. The van der Waals surface area contributed by atoms with Crippen molar-refractivity contribution in [3.8, 4) is 45.1 Å². The molecule has 142 valence electrons. The Morgan fingerprint density at radius 3 is 1.71 bits per heavy atom. The van der Waals surface area contributed by atoms with Gasteiger partial charge >= 0.3 is 0 Å². The second kappa shape index (κ2) is 5.48. The zero-order valence-electron chi connectivity index (χ0n) is 15.6. The maximum atomic E-state index is 6.14. The van der Waals surface area contributed by atoms with E-state index in [1.54, 1.807) is 0 Å². The van der Waals surface area contributed by atoms with Crippen LogP contribution in [0.2, 0.25) is 0 Å². The zero-order chi connectivity index (χ0) is 18.8. The van der Waals surface area contributed by atoms with Gasteiger partial charge in [-0.25, -0.2) is 9.97 Å². The van der Waals surface area contributed by atoms with Crippen LogP contribution in [-0.2, 0) is 13.2 Å². The van der Waals surface area contributed by atoms with E-state index in [2.05, 4.69) is 44.2 Å². The Morgan fingerprint density at radius 1 is 0.750 bits per heavy atom. The van der Waals surface area contributed by atoms with Gasteiger partial charge in [-0.05, 0) is 49.2 Å². The summed E-state index contributed by atoms with van der Waals surface area (Å²) in [6, 6.07) is 8.52. The minimum Gasteiger partial charge on any atom is -0.488 e. The molecule has 0 fully saturated rings. The summed E-state index contributed by atoms with van der Waals surface area (Å²) in [6.07, 6.45) is 3.71. The SMILES string of the molecule is Cc1ncc(-c2cc3c4c(c2)COc2cc(-c5cnc(C)[nH]5)cc(c2-4)OC3)[nH]1.[HH].[HH]. The minimum absolute atomic E-state index is 0. The topological polar surface area (TPSA) is 75.8 Å². The summed E-state index contributed by atoms with van der Waals surface area (Å²) >= 11 is 0. The van der Waals surface area contributed by atoms with E-state index in [9.17, 15) is 0 Å². The fraction of sp³-hybridized carbons (Fsp3) is 0.182. The Hall–Kier alpha value is -3.54. The van der Waals surface area contributed by atoms with Crippen LogP contribution in [0.5, 0.6) is 11.5 Å². The molecule has 6 heteroatoms. The molecule has 0 spiro atoms. The second-order valence-corrected chi connectivity index (χ2v) is 7.36. The quantitative estimate of drug-likeness (QED) is 0.516. The van der Waals surface area contributed by atoms with Gasteiger partial charge in [0.1, 0.15) is 36.4 Å². The van der Waals surface area contributed by atoms with Crippen molar-refractivity contribution in [3.63, 3.8) is 0 Å².